The zero-order chi connectivity index (χ0) is 15.6. The van der Waals surface area contributed by atoms with E-state index in [0.717, 1.165) is 0 Å². The average molecular weight is 391 g/mol. The van der Waals surface area contributed by atoms with E-state index >= 15 is 0 Å². The van der Waals surface area contributed by atoms with Gasteiger partial charge < -0.3 is 5.11 Å². The Bertz CT molecular complexity index is 745. The lowest BCUT2D eigenvalue weighted by atomic mass is 10.1. The smallest absolute Gasteiger partial charge is 0.261 e. The molecule has 0 aliphatic rings. The standard InChI is InChI=1S/C14H13BrClNO3S/c1-9(18)10-5-7-11(8-6-10)21(19,20)17-13-4-2-3-12(16)14(13)15/h2-9,17-18H,1H3. The topological polar surface area (TPSA) is 66.4 Å². The summed E-state index contributed by atoms with van der Waals surface area (Å²) in [5.74, 6) is 0. The van der Waals surface area contributed by atoms with Crippen LogP contribution in [0.25, 0.3) is 0 Å². The quantitative estimate of drug-likeness (QED) is 0.830. The van der Waals surface area contributed by atoms with E-state index in [4.69, 9.17) is 11.6 Å². The van der Waals surface area contributed by atoms with Gasteiger partial charge in [0.25, 0.3) is 10.0 Å². The highest BCUT2D eigenvalue weighted by Crippen LogP contribution is 2.31. The Balaban J connectivity index is 2.32. The van der Waals surface area contributed by atoms with Crippen molar-refractivity contribution in [1.29, 1.82) is 0 Å². The van der Waals surface area contributed by atoms with Gasteiger partial charge in [-0.05, 0) is 52.7 Å². The number of hydrogen-bond acceptors (Lipinski definition) is 3. The van der Waals surface area contributed by atoms with E-state index in [9.17, 15) is 13.5 Å². The first kappa shape index (κ1) is 16.3. The summed E-state index contributed by atoms with van der Waals surface area (Å²) in [4.78, 5) is 0.110. The molecule has 112 valence electrons. The molecule has 2 aromatic carbocycles. The van der Waals surface area contributed by atoms with Gasteiger partial charge in [0.05, 0.1) is 26.2 Å². The molecule has 1 atom stereocenters. The molecule has 0 bridgehead atoms. The third kappa shape index (κ3) is 3.77. The molecule has 0 heterocycles. The predicted molar refractivity (Wildman–Crippen MR) is 87.0 cm³/mol. The molecule has 0 spiro atoms. The molecular weight excluding hydrogens is 378 g/mol. The minimum atomic E-state index is -3.72. The second kappa shape index (κ2) is 6.36. The number of anilines is 1. The second-order valence-corrected chi connectivity index (χ2v) is 7.33. The van der Waals surface area contributed by atoms with Crippen LogP contribution in [0.2, 0.25) is 5.02 Å². The molecule has 0 amide bonds. The van der Waals surface area contributed by atoms with Crippen molar-refractivity contribution in [3.05, 3.63) is 57.5 Å². The summed E-state index contributed by atoms with van der Waals surface area (Å²) < 4.78 is 27.6. The van der Waals surface area contributed by atoms with Gasteiger partial charge in [0, 0.05) is 0 Å². The first-order valence-corrected chi connectivity index (χ1v) is 8.71. The van der Waals surface area contributed by atoms with Gasteiger partial charge in [-0.1, -0.05) is 29.8 Å². The van der Waals surface area contributed by atoms with Crippen molar-refractivity contribution in [2.24, 2.45) is 0 Å². The Morgan fingerprint density at radius 3 is 2.38 bits per heavy atom. The van der Waals surface area contributed by atoms with Crippen LogP contribution in [0.15, 0.2) is 51.8 Å². The van der Waals surface area contributed by atoms with Crippen molar-refractivity contribution < 1.29 is 13.5 Å². The Labute approximate surface area is 136 Å². The lowest BCUT2D eigenvalue weighted by Gasteiger charge is -2.11. The van der Waals surface area contributed by atoms with Crippen LogP contribution in [0.3, 0.4) is 0 Å². The maximum atomic E-state index is 12.3. The Kier molecular flexibility index (Phi) is 4.93. The zero-order valence-electron chi connectivity index (χ0n) is 11.0. The zero-order valence-corrected chi connectivity index (χ0v) is 14.2. The van der Waals surface area contributed by atoms with E-state index in [1.54, 1.807) is 37.3 Å². The highest BCUT2D eigenvalue weighted by atomic mass is 79.9. The van der Waals surface area contributed by atoms with Crippen LogP contribution in [0.5, 0.6) is 0 Å². The van der Waals surface area contributed by atoms with Crippen LogP contribution >= 0.6 is 27.5 Å². The minimum absolute atomic E-state index is 0.110. The van der Waals surface area contributed by atoms with Crippen molar-refractivity contribution in [3.63, 3.8) is 0 Å². The largest absolute Gasteiger partial charge is 0.389 e. The summed E-state index contributed by atoms with van der Waals surface area (Å²) in [5.41, 5.74) is 1.01. The first-order valence-electron chi connectivity index (χ1n) is 6.06. The van der Waals surface area contributed by atoms with Crippen molar-refractivity contribution in [2.75, 3.05) is 4.72 Å². The summed E-state index contributed by atoms with van der Waals surface area (Å²) in [6.07, 6.45) is -0.642. The molecule has 0 aromatic heterocycles. The molecule has 1 unspecified atom stereocenters. The number of sulfonamides is 1. The molecular formula is C14H13BrClNO3S. The highest BCUT2D eigenvalue weighted by Gasteiger charge is 2.16. The monoisotopic (exact) mass is 389 g/mol. The third-order valence-corrected chi connectivity index (χ3v) is 5.65. The van der Waals surface area contributed by atoms with Gasteiger partial charge in [-0.3, -0.25) is 4.72 Å². The molecule has 0 saturated heterocycles. The fraction of sp³-hybridized carbons (Fsp3) is 0.143. The fourth-order valence-corrected chi connectivity index (χ4v) is 3.45. The molecule has 0 saturated carbocycles. The predicted octanol–water partition coefficient (Wildman–Crippen LogP) is 3.96. The maximum Gasteiger partial charge on any atom is 0.261 e. The number of nitrogens with one attached hydrogen (secondary N) is 1. The Morgan fingerprint density at radius 2 is 1.81 bits per heavy atom. The van der Waals surface area contributed by atoms with E-state index in [1.165, 1.54) is 12.1 Å². The highest BCUT2D eigenvalue weighted by molar-refractivity contribution is 9.10. The van der Waals surface area contributed by atoms with Crippen LogP contribution in [0.4, 0.5) is 5.69 Å². The number of halogens is 2. The maximum absolute atomic E-state index is 12.3. The van der Waals surface area contributed by atoms with Crippen molar-refractivity contribution in [3.8, 4) is 0 Å². The molecule has 2 aromatic rings. The van der Waals surface area contributed by atoms with Gasteiger partial charge in [-0.2, -0.15) is 0 Å². The van der Waals surface area contributed by atoms with Gasteiger partial charge in [0.15, 0.2) is 0 Å². The summed E-state index contributed by atoms with van der Waals surface area (Å²) in [5, 5.41) is 9.85. The van der Waals surface area contributed by atoms with Crippen molar-refractivity contribution in [2.45, 2.75) is 17.9 Å². The van der Waals surface area contributed by atoms with Gasteiger partial charge in [-0.15, -0.1) is 0 Å². The van der Waals surface area contributed by atoms with Gasteiger partial charge in [0.1, 0.15) is 0 Å². The number of benzene rings is 2. The summed E-state index contributed by atoms with van der Waals surface area (Å²) >= 11 is 9.18. The molecule has 7 heteroatoms. The number of hydrogen-bond donors (Lipinski definition) is 2. The SMILES string of the molecule is CC(O)c1ccc(S(=O)(=O)Nc2cccc(Cl)c2Br)cc1. The van der Waals surface area contributed by atoms with Crippen LogP contribution in [0.1, 0.15) is 18.6 Å². The van der Waals surface area contributed by atoms with E-state index in [0.29, 0.717) is 20.7 Å². The number of aliphatic hydroxyl groups excluding tert-OH is 1. The fourth-order valence-electron chi connectivity index (χ4n) is 1.71. The van der Waals surface area contributed by atoms with Crippen molar-refractivity contribution in [1.82, 2.24) is 0 Å². The van der Waals surface area contributed by atoms with E-state index in [2.05, 4.69) is 20.7 Å². The lowest BCUT2D eigenvalue weighted by Crippen LogP contribution is -2.13. The lowest BCUT2D eigenvalue weighted by molar-refractivity contribution is 0.199. The molecule has 0 radical (unpaired) electrons. The van der Waals surface area contributed by atoms with Crippen LogP contribution in [-0.4, -0.2) is 13.5 Å². The van der Waals surface area contributed by atoms with Gasteiger partial charge in [0.2, 0.25) is 0 Å². The van der Waals surface area contributed by atoms with Crippen LogP contribution in [-0.2, 0) is 10.0 Å². The third-order valence-electron chi connectivity index (χ3n) is 2.87. The second-order valence-electron chi connectivity index (χ2n) is 4.45. The van der Waals surface area contributed by atoms with E-state index < -0.39 is 16.1 Å². The molecule has 0 aliphatic heterocycles. The average Bonchev–Trinajstić information content (AvgIpc) is 2.44. The number of aliphatic hydroxyl groups is 1. The van der Waals surface area contributed by atoms with Crippen molar-refractivity contribution >= 4 is 43.2 Å². The molecule has 21 heavy (non-hydrogen) atoms. The normalized spacial score (nSPS) is 13.0. The van der Waals surface area contributed by atoms with E-state index in [-0.39, 0.29) is 4.90 Å². The van der Waals surface area contributed by atoms with Crippen LogP contribution in [0, 0.1) is 0 Å². The van der Waals surface area contributed by atoms with Crippen LogP contribution < -0.4 is 4.72 Å². The first-order chi connectivity index (χ1) is 9.81. The number of rotatable bonds is 4. The molecule has 2 N–H and O–H groups in total. The van der Waals surface area contributed by atoms with E-state index in [1.807, 2.05) is 0 Å². The minimum Gasteiger partial charge on any atom is -0.389 e. The summed E-state index contributed by atoms with van der Waals surface area (Å²) in [6, 6.07) is 11.0. The molecule has 4 nitrogen and oxygen atoms in total. The Hall–Kier alpha value is -1.08. The Morgan fingerprint density at radius 1 is 1.19 bits per heavy atom. The van der Waals surface area contributed by atoms with Gasteiger partial charge >= 0.3 is 0 Å². The summed E-state index contributed by atoms with van der Waals surface area (Å²) in [7, 11) is -3.72. The van der Waals surface area contributed by atoms with Gasteiger partial charge in [-0.25, -0.2) is 8.42 Å². The molecule has 0 aliphatic carbocycles. The molecule has 2 rings (SSSR count). The molecule has 0 fully saturated rings. The summed E-state index contributed by atoms with van der Waals surface area (Å²) in [6.45, 7) is 1.62.